The van der Waals surface area contributed by atoms with Gasteiger partial charge in [0.2, 0.25) is 0 Å². The summed E-state index contributed by atoms with van der Waals surface area (Å²) in [5.74, 6) is 1.76. The monoisotopic (exact) mass is 443 g/mol. The van der Waals surface area contributed by atoms with Crippen molar-refractivity contribution in [3.05, 3.63) is 74.4 Å². The highest BCUT2D eigenvalue weighted by Gasteiger charge is 2.24. The van der Waals surface area contributed by atoms with Crippen LogP contribution in [0.3, 0.4) is 0 Å². The molecule has 1 aliphatic rings. The zero-order valence-corrected chi connectivity index (χ0v) is 18.7. The molecule has 0 saturated heterocycles. The summed E-state index contributed by atoms with van der Waals surface area (Å²) in [6.07, 6.45) is 3.01. The Labute approximate surface area is 189 Å². The first-order valence-corrected chi connectivity index (χ1v) is 11.2. The first-order valence-electron chi connectivity index (χ1n) is 10.4. The van der Waals surface area contributed by atoms with Crippen LogP contribution in [-0.4, -0.2) is 23.8 Å². The maximum absolute atomic E-state index is 13.8. The van der Waals surface area contributed by atoms with Crippen molar-refractivity contribution >= 4 is 21.6 Å². The van der Waals surface area contributed by atoms with Crippen molar-refractivity contribution in [2.75, 3.05) is 14.2 Å². The molecule has 0 N–H and O–H groups in total. The van der Waals surface area contributed by atoms with E-state index in [2.05, 4.69) is 6.07 Å². The molecule has 5 rings (SSSR count). The van der Waals surface area contributed by atoms with Crippen LogP contribution in [0, 0.1) is 11.3 Å². The average molecular weight is 444 g/mol. The van der Waals surface area contributed by atoms with Crippen LogP contribution in [0.4, 0.5) is 0 Å². The maximum Gasteiger partial charge on any atom is 0.263 e. The number of aryl methyl sites for hydroxylation is 2. The van der Waals surface area contributed by atoms with Gasteiger partial charge in [-0.15, -0.1) is 11.3 Å². The summed E-state index contributed by atoms with van der Waals surface area (Å²) >= 11 is 1.62. The predicted molar refractivity (Wildman–Crippen MR) is 125 cm³/mol. The predicted octanol–water partition coefficient (Wildman–Crippen LogP) is 4.55. The van der Waals surface area contributed by atoms with Crippen molar-refractivity contribution < 1.29 is 9.47 Å². The third-order valence-corrected chi connectivity index (χ3v) is 7.05. The molecular formula is C25H21N3O3S. The zero-order chi connectivity index (χ0) is 22.2. The Morgan fingerprint density at radius 2 is 1.97 bits per heavy atom. The second-order valence-corrected chi connectivity index (χ2v) is 8.83. The van der Waals surface area contributed by atoms with Gasteiger partial charge in [-0.2, -0.15) is 5.26 Å². The van der Waals surface area contributed by atoms with Crippen LogP contribution in [0.2, 0.25) is 0 Å². The molecule has 2 aromatic carbocycles. The molecule has 0 radical (unpaired) electrons. The Morgan fingerprint density at radius 1 is 1.12 bits per heavy atom. The molecule has 160 valence electrons. The zero-order valence-electron chi connectivity index (χ0n) is 17.8. The molecule has 0 saturated carbocycles. The Morgan fingerprint density at radius 3 is 2.75 bits per heavy atom. The Balaban J connectivity index is 1.75. The van der Waals surface area contributed by atoms with Crippen LogP contribution in [0.1, 0.15) is 28.0 Å². The van der Waals surface area contributed by atoms with E-state index in [4.69, 9.17) is 14.5 Å². The number of fused-ring (bicyclic) bond motifs is 3. The number of methoxy groups -OCH3 is 2. The lowest BCUT2D eigenvalue weighted by molar-refractivity contribution is 0.355. The first kappa shape index (κ1) is 20.3. The van der Waals surface area contributed by atoms with E-state index in [1.54, 1.807) is 36.2 Å². The van der Waals surface area contributed by atoms with Gasteiger partial charge in [0.25, 0.3) is 5.56 Å². The number of hydrogen-bond donors (Lipinski definition) is 0. The van der Waals surface area contributed by atoms with E-state index in [0.717, 1.165) is 46.2 Å². The van der Waals surface area contributed by atoms with E-state index in [1.807, 2.05) is 36.4 Å². The Bertz CT molecular complexity index is 1450. The van der Waals surface area contributed by atoms with E-state index in [-0.39, 0.29) is 5.56 Å². The van der Waals surface area contributed by atoms with Gasteiger partial charge in [-0.05, 0) is 60.7 Å². The fourth-order valence-corrected chi connectivity index (χ4v) is 5.59. The number of ether oxygens (including phenoxy) is 2. The molecule has 0 spiro atoms. The third-order valence-electron chi connectivity index (χ3n) is 5.86. The van der Waals surface area contributed by atoms with Crippen LogP contribution >= 0.6 is 11.3 Å². The number of benzene rings is 2. The van der Waals surface area contributed by atoms with Crippen molar-refractivity contribution in [2.24, 2.45) is 0 Å². The minimum absolute atomic E-state index is 0.0402. The molecule has 0 bridgehead atoms. The van der Waals surface area contributed by atoms with E-state index >= 15 is 0 Å². The summed E-state index contributed by atoms with van der Waals surface area (Å²) in [6, 6.07) is 15.1. The highest BCUT2D eigenvalue weighted by Crippen LogP contribution is 2.37. The van der Waals surface area contributed by atoms with Gasteiger partial charge in [-0.1, -0.05) is 12.1 Å². The molecule has 7 heteroatoms. The highest BCUT2D eigenvalue weighted by molar-refractivity contribution is 7.18. The normalized spacial score (nSPS) is 12.5. The minimum Gasteiger partial charge on any atom is -0.493 e. The summed E-state index contributed by atoms with van der Waals surface area (Å²) in [6.45, 7) is 0.325. The Hall–Kier alpha value is -3.63. The lowest BCUT2D eigenvalue weighted by atomic mass is 10.1. The second kappa shape index (κ2) is 8.13. The molecule has 0 fully saturated rings. The lowest BCUT2D eigenvalue weighted by Gasteiger charge is -2.15. The van der Waals surface area contributed by atoms with Crippen molar-refractivity contribution in [3.8, 4) is 29.0 Å². The van der Waals surface area contributed by atoms with Crippen molar-refractivity contribution in [3.63, 3.8) is 0 Å². The molecule has 4 aromatic rings. The number of thiophene rings is 1. The number of rotatable bonds is 5. The average Bonchev–Trinajstić information content (AvgIpc) is 3.41. The van der Waals surface area contributed by atoms with Gasteiger partial charge in [-0.25, -0.2) is 4.98 Å². The van der Waals surface area contributed by atoms with Crippen molar-refractivity contribution in [2.45, 2.75) is 25.8 Å². The lowest BCUT2D eigenvalue weighted by Crippen LogP contribution is -2.24. The second-order valence-electron chi connectivity index (χ2n) is 7.75. The number of nitriles is 1. The molecule has 0 atom stereocenters. The molecule has 32 heavy (non-hydrogen) atoms. The molecule has 6 nitrogen and oxygen atoms in total. The van der Waals surface area contributed by atoms with Crippen molar-refractivity contribution in [1.82, 2.24) is 9.55 Å². The van der Waals surface area contributed by atoms with E-state index in [0.29, 0.717) is 29.4 Å². The molecule has 0 aliphatic heterocycles. The first-order chi connectivity index (χ1) is 15.6. The molecule has 0 unspecified atom stereocenters. The molecule has 0 amide bonds. The van der Waals surface area contributed by atoms with Gasteiger partial charge in [0.15, 0.2) is 11.5 Å². The summed E-state index contributed by atoms with van der Waals surface area (Å²) in [7, 11) is 3.18. The summed E-state index contributed by atoms with van der Waals surface area (Å²) in [5, 5.41) is 10.0. The standard InChI is InChI=1S/C25H21N3O3S/c1-30-19-10-9-17(12-20(19)31-2)23-27-24-22(18-7-4-8-21(18)32-24)25(29)28(23)14-16-6-3-5-15(11-16)13-26/h3,5-6,9-12H,4,7-8,14H2,1-2H3. The van der Waals surface area contributed by atoms with Crippen LogP contribution in [-0.2, 0) is 19.4 Å². The van der Waals surface area contributed by atoms with Gasteiger partial charge >= 0.3 is 0 Å². The van der Waals surface area contributed by atoms with E-state index in [9.17, 15) is 10.1 Å². The number of hydrogen-bond acceptors (Lipinski definition) is 6. The molecule has 2 aromatic heterocycles. The maximum atomic E-state index is 13.8. The highest BCUT2D eigenvalue weighted by atomic mass is 32.1. The molecule has 1 aliphatic carbocycles. The molecule has 2 heterocycles. The van der Waals surface area contributed by atoms with E-state index in [1.165, 1.54) is 4.88 Å². The van der Waals surface area contributed by atoms with Gasteiger partial charge in [0.05, 0.1) is 37.8 Å². The van der Waals surface area contributed by atoms with Crippen LogP contribution in [0.5, 0.6) is 11.5 Å². The quantitative estimate of drug-likeness (QED) is 0.452. The largest absolute Gasteiger partial charge is 0.493 e. The fraction of sp³-hybridized carbons (Fsp3) is 0.240. The minimum atomic E-state index is -0.0402. The van der Waals surface area contributed by atoms with Crippen LogP contribution < -0.4 is 15.0 Å². The third kappa shape index (κ3) is 3.33. The summed E-state index contributed by atoms with van der Waals surface area (Å²) in [4.78, 5) is 20.8. The van der Waals surface area contributed by atoms with Gasteiger partial charge in [0.1, 0.15) is 10.7 Å². The SMILES string of the molecule is COc1ccc(-c2nc3sc4c(c3c(=O)n2Cc2cccc(C#N)c2)CCC4)cc1OC. The number of aromatic nitrogens is 2. The van der Waals surface area contributed by atoms with Gasteiger partial charge in [-0.3, -0.25) is 9.36 Å². The summed E-state index contributed by atoms with van der Waals surface area (Å²) in [5.41, 5.74) is 3.32. The fourth-order valence-electron chi connectivity index (χ4n) is 4.34. The van der Waals surface area contributed by atoms with Gasteiger partial charge in [0, 0.05) is 10.4 Å². The van der Waals surface area contributed by atoms with Crippen LogP contribution in [0.25, 0.3) is 21.6 Å². The molecular weight excluding hydrogens is 422 g/mol. The number of nitrogens with zero attached hydrogens (tertiary/aromatic N) is 3. The van der Waals surface area contributed by atoms with Gasteiger partial charge < -0.3 is 9.47 Å². The van der Waals surface area contributed by atoms with E-state index < -0.39 is 0 Å². The Kier molecular flexibility index (Phi) is 5.16. The topological polar surface area (TPSA) is 77.1 Å². The smallest absolute Gasteiger partial charge is 0.263 e. The summed E-state index contributed by atoms with van der Waals surface area (Å²) < 4.78 is 12.6. The van der Waals surface area contributed by atoms with Crippen molar-refractivity contribution in [1.29, 1.82) is 5.26 Å². The van der Waals surface area contributed by atoms with Crippen LogP contribution in [0.15, 0.2) is 47.3 Å².